The molecule has 0 aromatic carbocycles. The highest BCUT2D eigenvalue weighted by atomic mass is 32.2. The van der Waals surface area contributed by atoms with Crippen molar-refractivity contribution in [2.75, 3.05) is 31.2 Å². The third-order valence-corrected chi connectivity index (χ3v) is 7.46. The Morgan fingerprint density at radius 1 is 1.06 bits per heavy atom. The molecule has 0 amide bonds. The molecule has 1 spiro atoms. The van der Waals surface area contributed by atoms with Crippen LogP contribution in [-0.2, 0) is 4.74 Å². The Balaban J connectivity index is 1.24. The number of pyridine rings is 2. The van der Waals surface area contributed by atoms with E-state index in [4.69, 9.17) is 9.72 Å². The van der Waals surface area contributed by atoms with Crippen LogP contribution in [0.2, 0.25) is 0 Å². The molecule has 4 aromatic heterocycles. The fourth-order valence-electron chi connectivity index (χ4n) is 4.51. The molecule has 9 heteroatoms. The van der Waals surface area contributed by atoms with E-state index in [1.807, 2.05) is 18.2 Å². The summed E-state index contributed by atoms with van der Waals surface area (Å²) in [6, 6.07) is 5.59. The zero-order valence-electron chi connectivity index (χ0n) is 16.8. The van der Waals surface area contributed by atoms with Crippen molar-refractivity contribution in [3.8, 4) is 0 Å². The van der Waals surface area contributed by atoms with Gasteiger partial charge in [0.15, 0.2) is 11.5 Å². The number of hydrogen-bond acceptors (Lipinski definition) is 7. The van der Waals surface area contributed by atoms with Crippen LogP contribution in [0.3, 0.4) is 0 Å². The van der Waals surface area contributed by atoms with E-state index < -0.39 is 0 Å². The second-order valence-corrected chi connectivity index (χ2v) is 9.32. The number of nitrogens with zero attached hydrogens (tertiary/aromatic N) is 5. The number of fused-ring (bicyclic) bond motifs is 2. The number of hydrogen-bond donors (Lipinski definition) is 1. The summed E-state index contributed by atoms with van der Waals surface area (Å²) in [5, 5.41) is 1.41. The molecule has 0 unspecified atom stereocenters. The van der Waals surface area contributed by atoms with Crippen LogP contribution in [-0.4, -0.2) is 51.2 Å². The second-order valence-electron chi connectivity index (χ2n) is 8.29. The molecule has 1 N–H and O–H groups in total. The summed E-state index contributed by atoms with van der Waals surface area (Å²) in [6.45, 7) is 3.72. The first-order valence-corrected chi connectivity index (χ1v) is 11.3. The average molecular weight is 437 g/mol. The number of ether oxygens (including phenoxy) is 1. The molecule has 0 bridgehead atoms. The van der Waals surface area contributed by atoms with E-state index in [0.717, 1.165) is 55.9 Å². The van der Waals surface area contributed by atoms with Crippen molar-refractivity contribution in [3.63, 3.8) is 0 Å². The van der Waals surface area contributed by atoms with E-state index in [2.05, 4.69) is 24.8 Å². The van der Waals surface area contributed by atoms with E-state index in [1.54, 1.807) is 12.4 Å². The van der Waals surface area contributed by atoms with Gasteiger partial charge < -0.3 is 14.6 Å². The van der Waals surface area contributed by atoms with Crippen molar-refractivity contribution < 1.29 is 9.13 Å². The predicted molar refractivity (Wildman–Crippen MR) is 117 cm³/mol. The second kappa shape index (κ2) is 7.42. The quantitative estimate of drug-likeness (QED) is 0.516. The van der Waals surface area contributed by atoms with Gasteiger partial charge in [0, 0.05) is 31.3 Å². The smallest absolute Gasteiger partial charge is 0.179 e. The van der Waals surface area contributed by atoms with Gasteiger partial charge in [-0.2, -0.15) is 0 Å². The third-order valence-electron chi connectivity index (χ3n) is 6.40. The molecular weight excluding hydrogens is 415 g/mol. The maximum absolute atomic E-state index is 14.4. The lowest BCUT2D eigenvalue weighted by molar-refractivity contribution is 0.133. The minimum Gasteiger partial charge on any atom is -0.381 e. The van der Waals surface area contributed by atoms with Crippen LogP contribution in [0.15, 0.2) is 46.7 Å². The third kappa shape index (κ3) is 3.41. The van der Waals surface area contributed by atoms with Crippen molar-refractivity contribution in [1.29, 1.82) is 0 Å². The molecule has 6 rings (SSSR count). The lowest BCUT2D eigenvalue weighted by Gasteiger charge is -2.38. The van der Waals surface area contributed by atoms with Gasteiger partial charge in [-0.25, -0.2) is 24.3 Å². The summed E-state index contributed by atoms with van der Waals surface area (Å²) >= 11 is 1.27. The van der Waals surface area contributed by atoms with Crippen molar-refractivity contribution in [1.82, 2.24) is 24.9 Å². The highest BCUT2D eigenvalue weighted by molar-refractivity contribution is 7.99. The number of rotatable bonds is 3. The molecule has 0 saturated carbocycles. The Bertz CT molecular complexity index is 1260. The van der Waals surface area contributed by atoms with Gasteiger partial charge in [-0.3, -0.25) is 0 Å². The lowest BCUT2D eigenvalue weighted by Crippen LogP contribution is -2.40. The zero-order chi connectivity index (χ0) is 20.8. The topological polar surface area (TPSA) is 79.8 Å². The van der Waals surface area contributed by atoms with Crippen molar-refractivity contribution in [2.24, 2.45) is 5.41 Å². The van der Waals surface area contributed by atoms with E-state index in [1.165, 1.54) is 24.4 Å². The van der Waals surface area contributed by atoms with Gasteiger partial charge >= 0.3 is 0 Å². The minimum atomic E-state index is -0.365. The molecule has 0 aliphatic carbocycles. The molecule has 0 radical (unpaired) electrons. The Hall–Kier alpha value is -2.78. The predicted octanol–water partition coefficient (Wildman–Crippen LogP) is 4.20. The number of nitrogens with one attached hydrogen (secondary N) is 1. The molecule has 6 heterocycles. The highest BCUT2D eigenvalue weighted by Crippen LogP contribution is 2.40. The SMILES string of the molecule is Fc1cnc2[nH]ccc2c1Sc1ccc2nc(N3CCC4(CCOC4)CC3)cnc2n1. The molecule has 7 nitrogen and oxygen atoms in total. The normalized spacial score (nSPS) is 18.4. The molecule has 2 aliphatic heterocycles. The molecular formula is C22H21FN6OS. The monoisotopic (exact) mass is 436 g/mol. The summed E-state index contributed by atoms with van der Waals surface area (Å²) in [4.78, 5) is 23.8. The first-order chi connectivity index (χ1) is 15.2. The molecule has 158 valence electrons. The molecule has 2 aliphatic rings. The van der Waals surface area contributed by atoms with E-state index in [0.29, 0.717) is 26.6 Å². The zero-order valence-corrected chi connectivity index (χ0v) is 17.7. The van der Waals surface area contributed by atoms with E-state index in [9.17, 15) is 4.39 Å². The lowest BCUT2D eigenvalue weighted by atomic mass is 9.78. The van der Waals surface area contributed by atoms with Gasteiger partial charge in [0.1, 0.15) is 22.0 Å². The van der Waals surface area contributed by atoms with Gasteiger partial charge in [0.2, 0.25) is 0 Å². The number of aromatic nitrogens is 5. The molecule has 0 atom stereocenters. The van der Waals surface area contributed by atoms with Crippen LogP contribution in [0.1, 0.15) is 19.3 Å². The Kier molecular flexibility index (Phi) is 4.53. The first kappa shape index (κ1) is 18.9. The molecule has 2 fully saturated rings. The standard InChI is InChI=1S/C22H21FN6OS/c23-15-11-25-20-14(3-7-24-20)19(15)31-18-2-1-16-21(28-18)26-12-17(27-16)29-8-4-22(5-9-29)6-10-30-13-22/h1-3,7,11-12H,4-6,8-10,13H2,(H,24,25). The van der Waals surface area contributed by atoms with Gasteiger partial charge in [-0.05, 0) is 42.9 Å². The summed E-state index contributed by atoms with van der Waals surface area (Å²) in [5.74, 6) is 0.522. The maximum Gasteiger partial charge on any atom is 0.179 e. The number of H-pyrrole nitrogens is 1. The summed E-state index contributed by atoms with van der Waals surface area (Å²) in [7, 11) is 0. The Morgan fingerprint density at radius 2 is 1.97 bits per heavy atom. The molecule has 4 aromatic rings. The minimum absolute atomic E-state index is 0.363. The van der Waals surface area contributed by atoms with Crippen LogP contribution in [0.25, 0.3) is 22.2 Å². The van der Waals surface area contributed by atoms with E-state index >= 15 is 0 Å². The number of anilines is 1. The van der Waals surface area contributed by atoms with Crippen molar-refractivity contribution >= 4 is 39.8 Å². The van der Waals surface area contributed by atoms with Crippen LogP contribution in [0.5, 0.6) is 0 Å². The Labute approximate surface area is 182 Å². The fourth-order valence-corrected chi connectivity index (χ4v) is 5.41. The number of piperidine rings is 1. The number of aromatic amines is 1. The van der Waals surface area contributed by atoms with Crippen molar-refractivity contribution in [2.45, 2.75) is 29.2 Å². The van der Waals surface area contributed by atoms with Crippen LogP contribution < -0.4 is 4.90 Å². The largest absolute Gasteiger partial charge is 0.381 e. The fraction of sp³-hybridized carbons (Fsp3) is 0.364. The summed E-state index contributed by atoms with van der Waals surface area (Å²) in [5.41, 5.74) is 2.32. The van der Waals surface area contributed by atoms with Gasteiger partial charge in [-0.1, -0.05) is 11.8 Å². The van der Waals surface area contributed by atoms with Crippen LogP contribution >= 0.6 is 11.8 Å². The van der Waals surface area contributed by atoms with Crippen LogP contribution in [0.4, 0.5) is 10.2 Å². The maximum atomic E-state index is 14.4. The van der Waals surface area contributed by atoms with Gasteiger partial charge in [0.05, 0.1) is 23.9 Å². The number of halogens is 1. The van der Waals surface area contributed by atoms with Gasteiger partial charge in [0.25, 0.3) is 0 Å². The summed E-state index contributed by atoms with van der Waals surface area (Å²) < 4.78 is 20.0. The first-order valence-electron chi connectivity index (χ1n) is 10.5. The van der Waals surface area contributed by atoms with E-state index in [-0.39, 0.29) is 5.82 Å². The Morgan fingerprint density at radius 3 is 2.81 bits per heavy atom. The van der Waals surface area contributed by atoms with Crippen LogP contribution in [0, 0.1) is 11.2 Å². The van der Waals surface area contributed by atoms with Crippen molar-refractivity contribution in [3.05, 3.63) is 42.6 Å². The average Bonchev–Trinajstić information content (AvgIpc) is 3.46. The highest BCUT2D eigenvalue weighted by Gasteiger charge is 2.38. The molecule has 31 heavy (non-hydrogen) atoms. The molecule has 2 saturated heterocycles. The summed E-state index contributed by atoms with van der Waals surface area (Å²) in [6.07, 6.45) is 8.21. The van der Waals surface area contributed by atoms with Gasteiger partial charge in [-0.15, -0.1) is 0 Å².